The van der Waals surface area contributed by atoms with E-state index in [2.05, 4.69) is 4.99 Å². The quantitative estimate of drug-likeness (QED) is 0.0233. The summed E-state index contributed by atoms with van der Waals surface area (Å²) in [6, 6.07) is -1.56. The van der Waals surface area contributed by atoms with Crippen molar-refractivity contribution in [2.75, 3.05) is 32.7 Å². The molecule has 0 radical (unpaired) electrons. The monoisotopic (exact) mass is 560 g/mol. The SMILES string of the molecule is NCCCCN=CC(N)(O)C(CCCCN)C(C(=O)O)(C(=O)O)C(CCCCN)N(O)/C=C(/N)CCCCN. The fourth-order valence-corrected chi connectivity index (χ4v) is 4.72. The molecule has 0 aliphatic carbocycles. The average Bonchev–Trinajstić information content (AvgIpc) is 2.86. The Balaban J connectivity index is 6.86. The molecule has 0 saturated heterocycles. The Labute approximate surface area is 231 Å². The van der Waals surface area contributed by atoms with Crippen LogP contribution in [0.25, 0.3) is 0 Å². The van der Waals surface area contributed by atoms with Crippen molar-refractivity contribution in [1.82, 2.24) is 5.06 Å². The average molecular weight is 561 g/mol. The van der Waals surface area contributed by atoms with Gasteiger partial charge in [-0.05, 0) is 90.4 Å². The summed E-state index contributed by atoms with van der Waals surface area (Å²) in [6.45, 7) is 1.70. The molecule has 0 amide bonds. The van der Waals surface area contributed by atoms with Crippen molar-refractivity contribution >= 4 is 18.2 Å². The zero-order chi connectivity index (χ0) is 29.9. The van der Waals surface area contributed by atoms with Crippen LogP contribution in [0.2, 0.25) is 0 Å². The number of allylic oxidation sites excluding steroid dienone is 1. The molecule has 0 bridgehead atoms. The standard InChI is InChI=1S/C25H52N8O6/c26-12-4-1-9-19(30)17-33(39)21(11-3-6-14-28)25(22(34)35,23(36)37)20(10-2-5-13-27)24(31,38)18-32-16-8-7-15-29/h17-18,20-21,38-39H,1-16,26-31H2,(H,34,35)(H,36,37)/b19-17+,32-18?. The highest BCUT2D eigenvalue weighted by Crippen LogP contribution is 2.44. The van der Waals surface area contributed by atoms with Crippen molar-refractivity contribution < 1.29 is 30.1 Å². The molecule has 0 rings (SSSR count). The highest BCUT2D eigenvalue weighted by atomic mass is 16.5. The van der Waals surface area contributed by atoms with E-state index in [0.717, 1.165) is 12.4 Å². The van der Waals surface area contributed by atoms with Gasteiger partial charge in [0.1, 0.15) is 0 Å². The molecule has 39 heavy (non-hydrogen) atoms. The molecule has 0 heterocycles. The molecule has 0 spiro atoms. The number of nitrogens with two attached hydrogens (primary N) is 6. The van der Waals surface area contributed by atoms with Gasteiger partial charge in [-0.2, -0.15) is 0 Å². The van der Waals surface area contributed by atoms with E-state index < -0.39 is 35.0 Å². The zero-order valence-electron chi connectivity index (χ0n) is 23.1. The van der Waals surface area contributed by atoms with Crippen LogP contribution >= 0.6 is 0 Å². The second kappa shape index (κ2) is 19.7. The number of aliphatic carboxylic acids is 2. The Bertz CT molecular complexity index is 751. The summed E-state index contributed by atoms with van der Waals surface area (Å²) in [5.41, 5.74) is 29.6. The van der Waals surface area contributed by atoms with Gasteiger partial charge in [-0.25, -0.2) is 0 Å². The first-order chi connectivity index (χ1) is 18.5. The Morgan fingerprint density at radius 2 is 1.31 bits per heavy atom. The summed E-state index contributed by atoms with van der Waals surface area (Å²) in [5.74, 6) is -5.13. The maximum atomic E-state index is 13.0. The minimum atomic E-state index is -2.77. The summed E-state index contributed by atoms with van der Waals surface area (Å²) in [6.07, 6.45) is 6.31. The third kappa shape index (κ3) is 11.7. The maximum absolute atomic E-state index is 13.0. The summed E-state index contributed by atoms with van der Waals surface area (Å²) in [4.78, 5) is 30.2. The first kappa shape index (κ1) is 36.7. The lowest BCUT2D eigenvalue weighted by atomic mass is 9.62. The number of carboxylic acids is 2. The molecule has 16 N–H and O–H groups in total. The molecule has 0 fully saturated rings. The number of hydrogen-bond acceptors (Lipinski definition) is 12. The van der Waals surface area contributed by atoms with Crippen LogP contribution in [-0.2, 0) is 9.59 Å². The maximum Gasteiger partial charge on any atom is 0.323 e. The number of aliphatic hydroxyl groups is 1. The summed E-state index contributed by atoms with van der Waals surface area (Å²) in [5, 5.41) is 44.1. The molecular formula is C25H52N8O6. The third-order valence-corrected chi connectivity index (χ3v) is 6.80. The van der Waals surface area contributed by atoms with Crippen LogP contribution in [0.15, 0.2) is 16.9 Å². The Hall–Kier alpha value is -2.33. The smallest absolute Gasteiger partial charge is 0.323 e. The van der Waals surface area contributed by atoms with Gasteiger partial charge in [0.25, 0.3) is 0 Å². The molecule has 0 aromatic heterocycles. The van der Waals surface area contributed by atoms with Crippen LogP contribution < -0.4 is 34.4 Å². The van der Waals surface area contributed by atoms with Crippen LogP contribution in [0, 0.1) is 11.3 Å². The van der Waals surface area contributed by atoms with Gasteiger partial charge in [0, 0.05) is 30.6 Å². The number of rotatable bonds is 24. The van der Waals surface area contributed by atoms with Gasteiger partial charge in [0.2, 0.25) is 0 Å². The molecule has 3 atom stereocenters. The Kier molecular flexibility index (Phi) is 18.5. The van der Waals surface area contributed by atoms with E-state index in [9.17, 15) is 30.1 Å². The number of aliphatic imine (C=N–C) groups is 1. The summed E-state index contributed by atoms with van der Waals surface area (Å²) >= 11 is 0. The fourth-order valence-electron chi connectivity index (χ4n) is 4.72. The predicted molar refractivity (Wildman–Crippen MR) is 150 cm³/mol. The van der Waals surface area contributed by atoms with Crippen molar-refractivity contribution in [2.45, 2.75) is 82.4 Å². The minimum Gasteiger partial charge on any atom is -0.480 e. The van der Waals surface area contributed by atoms with Crippen molar-refractivity contribution in [2.24, 2.45) is 50.7 Å². The highest BCUT2D eigenvalue weighted by molar-refractivity contribution is 6.00. The van der Waals surface area contributed by atoms with E-state index in [1.165, 1.54) is 0 Å². The molecular weight excluding hydrogens is 508 g/mol. The Morgan fingerprint density at radius 1 is 0.821 bits per heavy atom. The highest BCUT2D eigenvalue weighted by Gasteiger charge is 2.64. The molecule has 0 aromatic carbocycles. The lowest BCUT2D eigenvalue weighted by Crippen LogP contribution is -2.67. The number of carboxylic acid groups (broad SMARTS) is 2. The molecule has 3 unspecified atom stereocenters. The first-order valence-electron chi connectivity index (χ1n) is 13.7. The van der Waals surface area contributed by atoms with E-state index in [4.69, 9.17) is 34.4 Å². The van der Waals surface area contributed by atoms with Gasteiger partial charge in [-0.1, -0.05) is 6.42 Å². The molecule has 14 nitrogen and oxygen atoms in total. The fraction of sp³-hybridized carbons (Fsp3) is 0.800. The van der Waals surface area contributed by atoms with E-state index in [1.807, 2.05) is 0 Å². The van der Waals surface area contributed by atoms with Crippen LogP contribution in [0.1, 0.15) is 70.6 Å². The molecule has 0 aromatic rings. The lowest BCUT2D eigenvalue weighted by Gasteiger charge is -2.46. The van der Waals surface area contributed by atoms with Crippen molar-refractivity contribution in [3.63, 3.8) is 0 Å². The zero-order valence-corrected chi connectivity index (χ0v) is 23.1. The summed E-state index contributed by atoms with van der Waals surface area (Å²) in [7, 11) is 0. The van der Waals surface area contributed by atoms with Crippen LogP contribution in [0.3, 0.4) is 0 Å². The predicted octanol–water partition coefficient (Wildman–Crippen LogP) is -0.538. The number of unbranched alkanes of at least 4 members (excludes halogenated alkanes) is 4. The molecule has 228 valence electrons. The van der Waals surface area contributed by atoms with E-state index in [1.54, 1.807) is 0 Å². The lowest BCUT2D eigenvalue weighted by molar-refractivity contribution is -0.202. The van der Waals surface area contributed by atoms with E-state index in [0.29, 0.717) is 69.5 Å². The van der Waals surface area contributed by atoms with Crippen molar-refractivity contribution in [3.8, 4) is 0 Å². The summed E-state index contributed by atoms with van der Waals surface area (Å²) < 4.78 is 0. The third-order valence-electron chi connectivity index (χ3n) is 6.80. The van der Waals surface area contributed by atoms with Crippen LogP contribution in [-0.4, -0.2) is 88.2 Å². The van der Waals surface area contributed by atoms with Gasteiger partial charge < -0.3 is 44.0 Å². The second-order valence-electron chi connectivity index (χ2n) is 9.86. The van der Waals surface area contributed by atoms with Gasteiger partial charge in [0.05, 0.1) is 6.04 Å². The first-order valence-corrected chi connectivity index (χ1v) is 13.7. The van der Waals surface area contributed by atoms with Crippen molar-refractivity contribution in [1.29, 1.82) is 0 Å². The number of hydroxylamine groups is 2. The molecule has 14 heteroatoms. The second-order valence-corrected chi connectivity index (χ2v) is 9.86. The normalized spacial score (nSPS) is 15.7. The van der Waals surface area contributed by atoms with E-state index in [-0.39, 0.29) is 44.6 Å². The number of hydrogen-bond donors (Lipinski definition) is 10. The van der Waals surface area contributed by atoms with Crippen molar-refractivity contribution in [3.05, 3.63) is 11.9 Å². The van der Waals surface area contributed by atoms with Gasteiger partial charge in [-0.3, -0.25) is 30.6 Å². The minimum absolute atomic E-state index is 0.0873. The number of carbonyl (C=O) groups is 2. The topological polar surface area (TPSA) is 287 Å². The molecule has 0 aliphatic heterocycles. The van der Waals surface area contributed by atoms with Crippen LogP contribution in [0.4, 0.5) is 0 Å². The van der Waals surface area contributed by atoms with Gasteiger partial charge in [0.15, 0.2) is 11.1 Å². The van der Waals surface area contributed by atoms with E-state index >= 15 is 0 Å². The molecule has 0 saturated carbocycles. The van der Waals surface area contributed by atoms with Gasteiger partial charge >= 0.3 is 11.9 Å². The largest absolute Gasteiger partial charge is 0.480 e. The van der Waals surface area contributed by atoms with Crippen LogP contribution in [0.5, 0.6) is 0 Å². The molecule has 0 aliphatic rings. The van der Waals surface area contributed by atoms with Gasteiger partial charge in [-0.15, -0.1) is 0 Å². The Morgan fingerprint density at radius 3 is 1.82 bits per heavy atom. The number of nitrogens with zero attached hydrogens (tertiary/aromatic N) is 2.